The molecule has 194 valence electrons. The molecule has 4 rings (SSSR count). The van der Waals surface area contributed by atoms with E-state index in [1.54, 1.807) is 4.90 Å². The predicted molar refractivity (Wildman–Crippen MR) is 134 cm³/mol. The van der Waals surface area contributed by atoms with Crippen LogP contribution in [0.15, 0.2) is 30.3 Å². The molecule has 1 amide bonds. The molecule has 0 spiro atoms. The van der Waals surface area contributed by atoms with Crippen LogP contribution in [0.25, 0.3) is 0 Å². The number of likely N-dealkylation sites (N-methyl/N-ethyl adjacent to an activating group) is 1. The van der Waals surface area contributed by atoms with Gasteiger partial charge in [-0.05, 0) is 31.4 Å². The number of hydrogen-bond donors (Lipinski definition) is 1. The largest absolute Gasteiger partial charge is 0.481 e. The fourth-order valence-electron chi connectivity index (χ4n) is 5.44. The Morgan fingerprint density at radius 3 is 2.23 bits per heavy atom. The Balaban J connectivity index is 1.15. The number of aliphatic carboxylic acids is 1. The van der Waals surface area contributed by atoms with Gasteiger partial charge < -0.3 is 24.5 Å². The molecule has 0 aromatic heterocycles. The molecule has 3 saturated heterocycles. The van der Waals surface area contributed by atoms with E-state index >= 15 is 0 Å². The van der Waals surface area contributed by atoms with Crippen LogP contribution in [0.1, 0.15) is 31.2 Å². The number of nitrogens with zero attached hydrogens (tertiary/aromatic N) is 5. The van der Waals surface area contributed by atoms with Crippen LogP contribution in [0.5, 0.6) is 0 Å². The van der Waals surface area contributed by atoms with Gasteiger partial charge in [0.2, 0.25) is 0 Å². The lowest BCUT2D eigenvalue weighted by Crippen LogP contribution is -2.54. The summed E-state index contributed by atoms with van der Waals surface area (Å²) in [6.45, 7) is 10.4. The van der Waals surface area contributed by atoms with Crippen molar-refractivity contribution in [2.45, 2.75) is 44.5 Å². The molecule has 35 heavy (non-hydrogen) atoms. The number of hydrogen-bond acceptors (Lipinski definition) is 7. The molecule has 3 heterocycles. The summed E-state index contributed by atoms with van der Waals surface area (Å²) in [6, 6.07) is 10.8. The fourth-order valence-corrected chi connectivity index (χ4v) is 5.44. The first-order valence-electron chi connectivity index (χ1n) is 13.1. The molecule has 0 radical (unpaired) electrons. The molecule has 0 saturated carbocycles. The van der Waals surface area contributed by atoms with Gasteiger partial charge in [-0.3, -0.25) is 14.6 Å². The highest BCUT2D eigenvalue weighted by Gasteiger charge is 2.43. The lowest BCUT2D eigenvalue weighted by atomic mass is 10.1. The molecule has 9 heteroatoms. The second-order valence-corrected chi connectivity index (χ2v) is 10.1. The SMILES string of the molecule is CN1C(=O)OC(N2CCN(CCC(=O)O)CC2)C1CCCCN1CCN(Cc2ccccc2)CC1. The standard InChI is InChI=1S/C26H41N5O4/c1-27-23(25(35-26(27)34)31-19-17-29(18-20-31)12-10-24(32)33)9-5-6-11-28-13-15-30(16-14-28)21-22-7-3-2-4-8-22/h2-4,7-8,23,25H,5-6,9-21H2,1H3,(H,32,33). The van der Waals surface area contributed by atoms with Gasteiger partial charge in [-0.2, -0.15) is 0 Å². The summed E-state index contributed by atoms with van der Waals surface area (Å²) in [5, 5.41) is 8.91. The Labute approximate surface area is 209 Å². The first kappa shape index (κ1) is 25.9. The van der Waals surface area contributed by atoms with Crippen molar-refractivity contribution >= 4 is 12.1 Å². The van der Waals surface area contributed by atoms with Gasteiger partial charge in [-0.25, -0.2) is 4.79 Å². The molecule has 3 fully saturated rings. The number of ether oxygens (including phenoxy) is 1. The van der Waals surface area contributed by atoms with Gasteiger partial charge in [-0.15, -0.1) is 0 Å². The minimum Gasteiger partial charge on any atom is -0.481 e. The third-order valence-corrected chi connectivity index (χ3v) is 7.68. The van der Waals surface area contributed by atoms with E-state index in [9.17, 15) is 9.59 Å². The van der Waals surface area contributed by atoms with Crippen molar-refractivity contribution in [3.63, 3.8) is 0 Å². The molecule has 2 atom stereocenters. The number of carboxylic acids is 1. The monoisotopic (exact) mass is 487 g/mol. The average Bonchev–Trinajstić information content (AvgIpc) is 3.16. The Morgan fingerprint density at radius 1 is 0.914 bits per heavy atom. The van der Waals surface area contributed by atoms with Crippen LogP contribution < -0.4 is 0 Å². The number of carbonyl (C=O) groups excluding carboxylic acids is 1. The van der Waals surface area contributed by atoms with Gasteiger partial charge in [0, 0.05) is 72.5 Å². The van der Waals surface area contributed by atoms with Crippen LogP contribution in [-0.2, 0) is 16.1 Å². The van der Waals surface area contributed by atoms with Crippen LogP contribution in [0.3, 0.4) is 0 Å². The van der Waals surface area contributed by atoms with Gasteiger partial charge in [-0.1, -0.05) is 30.3 Å². The van der Waals surface area contributed by atoms with E-state index in [1.165, 1.54) is 5.56 Å². The minimum atomic E-state index is -0.757. The molecule has 0 bridgehead atoms. The molecule has 1 aromatic rings. The molecule has 0 aliphatic carbocycles. The van der Waals surface area contributed by atoms with Crippen molar-refractivity contribution in [2.75, 3.05) is 72.5 Å². The number of cyclic esters (lactones) is 1. The summed E-state index contributed by atoms with van der Waals surface area (Å²) >= 11 is 0. The summed E-state index contributed by atoms with van der Waals surface area (Å²) in [4.78, 5) is 34.5. The first-order chi connectivity index (χ1) is 17.0. The number of amides is 1. The number of unbranched alkanes of at least 4 members (excludes halogenated alkanes) is 1. The van der Waals surface area contributed by atoms with Crippen LogP contribution in [0, 0.1) is 0 Å². The lowest BCUT2D eigenvalue weighted by molar-refractivity contribution is -0.137. The lowest BCUT2D eigenvalue weighted by Gasteiger charge is -2.38. The van der Waals surface area contributed by atoms with E-state index in [0.29, 0.717) is 6.54 Å². The van der Waals surface area contributed by atoms with Crippen molar-refractivity contribution in [1.29, 1.82) is 0 Å². The Kier molecular flexibility index (Phi) is 9.37. The van der Waals surface area contributed by atoms with E-state index < -0.39 is 5.97 Å². The van der Waals surface area contributed by atoms with Gasteiger partial charge in [0.1, 0.15) is 0 Å². The van der Waals surface area contributed by atoms with Crippen LogP contribution >= 0.6 is 0 Å². The fraction of sp³-hybridized carbons (Fsp3) is 0.692. The molecule has 1 N–H and O–H groups in total. The number of carbonyl (C=O) groups is 2. The van der Waals surface area contributed by atoms with Crippen LogP contribution in [0.4, 0.5) is 4.79 Å². The Bertz CT molecular complexity index is 809. The number of carboxylic acid groups (broad SMARTS) is 1. The number of rotatable bonds is 11. The van der Waals surface area contributed by atoms with Crippen molar-refractivity contribution in [3.8, 4) is 0 Å². The summed E-state index contributed by atoms with van der Waals surface area (Å²) in [5.74, 6) is -0.757. The maximum absolute atomic E-state index is 12.3. The van der Waals surface area contributed by atoms with Gasteiger partial charge >= 0.3 is 12.1 Å². The highest BCUT2D eigenvalue weighted by Crippen LogP contribution is 2.26. The van der Waals surface area contributed by atoms with Crippen molar-refractivity contribution in [1.82, 2.24) is 24.5 Å². The predicted octanol–water partition coefficient (Wildman–Crippen LogP) is 1.84. The van der Waals surface area contributed by atoms with Crippen LogP contribution in [-0.4, -0.2) is 126 Å². The zero-order chi connectivity index (χ0) is 24.6. The number of benzene rings is 1. The van der Waals surface area contributed by atoms with E-state index in [0.717, 1.165) is 84.7 Å². The second-order valence-electron chi connectivity index (χ2n) is 10.1. The van der Waals surface area contributed by atoms with Gasteiger partial charge in [0.25, 0.3) is 0 Å². The average molecular weight is 488 g/mol. The zero-order valence-electron chi connectivity index (χ0n) is 21.1. The topological polar surface area (TPSA) is 79.8 Å². The molecular formula is C26H41N5O4. The van der Waals surface area contributed by atoms with E-state index in [1.807, 2.05) is 7.05 Å². The van der Waals surface area contributed by atoms with E-state index in [-0.39, 0.29) is 24.8 Å². The van der Waals surface area contributed by atoms with Crippen molar-refractivity contribution in [3.05, 3.63) is 35.9 Å². The summed E-state index contributed by atoms with van der Waals surface area (Å²) in [5.41, 5.74) is 1.38. The van der Waals surface area contributed by atoms with E-state index in [4.69, 9.17) is 9.84 Å². The molecule has 1 aromatic carbocycles. The Morgan fingerprint density at radius 2 is 1.54 bits per heavy atom. The van der Waals surface area contributed by atoms with Gasteiger partial charge in [0.15, 0.2) is 6.23 Å². The molecule has 3 aliphatic rings. The summed E-state index contributed by atoms with van der Waals surface area (Å²) < 4.78 is 5.75. The van der Waals surface area contributed by atoms with E-state index in [2.05, 4.69) is 49.9 Å². The highest BCUT2D eigenvalue weighted by molar-refractivity contribution is 5.70. The zero-order valence-corrected chi connectivity index (χ0v) is 21.1. The maximum Gasteiger partial charge on any atom is 0.411 e. The van der Waals surface area contributed by atoms with Crippen molar-refractivity contribution < 1.29 is 19.4 Å². The molecular weight excluding hydrogens is 446 g/mol. The third-order valence-electron chi connectivity index (χ3n) is 7.68. The summed E-state index contributed by atoms with van der Waals surface area (Å²) in [7, 11) is 1.85. The van der Waals surface area contributed by atoms with Gasteiger partial charge in [0.05, 0.1) is 12.5 Å². The quantitative estimate of drug-likeness (QED) is 0.474. The normalized spacial score (nSPS) is 25.2. The first-order valence-corrected chi connectivity index (χ1v) is 13.1. The molecule has 2 unspecified atom stereocenters. The van der Waals surface area contributed by atoms with Crippen molar-refractivity contribution in [2.24, 2.45) is 0 Å². The Hall–Kier alpha value is -2.20. The minimum absolute atomic E-state index is 0.0794. The summed E-state index contributed by atoms with van der Waals surface area (Å²) in [6.07, 6.45) is 2.89. The highest BCUT2D eigenvalue weighted by atomic mass is 16.6. The number of piperazine rings is 2. The molecule has 3 aliphatic heterocycles. The maximum atomic E-state index is 12.3. The van der Waals surface area contributed by atoms with Crippen LogP contribution in [0.2, 0.25) is 0 Å². The third kappa shape index (κ3) is 7.39. The second kappa shape index (κ2) is 12.7. The molecule has 9 nitrogen and oxygen atoms in total. The smallest absolute Gasteiger partial charge is 0.411 e.